The van der Waals surface area contributed by atoms with Gasteiger partial charge in [-0.2, -0.15) is 0 Å². The number of carbonyl (C=O) groups is 1. The van der Waals surface area contributed by atoms with Gasteiger partial charge in [-0.05, 0) is 19.1 Å². The molecule has 5 nitrogen and oxygen atoms in total. The number of amides is 1. The number of hydrogen-bond donors (Lipinski definition) is 1. The Hall–Kier alpha value is -2.14. The van der Waals surface area contributed by atoms with Gasteiger partial charge in [0.05, 0.1) is 12.0 Å². The molecule has 0 bridgehead atoms. The molecule has 1 aromatic carbocycles. The van der Waals surface area contributed by atoms with Gasteiger partial charge in [0.2, 0.25) is 0 Å². The maximum absolute atomic E-state index is 12.1. The fraction of sp³-hybridized carbons (Fsp3) is 0.286. The summed E-state index contributed by atoms with van der Waals surface area (Å²) in [6, 6.07) is 7.98. The third-order valence-electron chi connectivity index (χ3n) is 2.88. The summed E-state index contributed by atoms with van der Waals surface area (Å²) in [6.07, 6.45) is 0. The number of rotatable bonds is 4. The van der Waals surface area contributed by atoms with Crippen LogP contribution in [0.4, 0.5) is 0 Å². The van der Waals surface area contributed by atoms with Gasteiger partial charge in [-0.3, -0.25) is 9.59 Å². The Kier molecular flexibility index (Phi) is 3.97. The Balaban J connectivity index is 2.45. The summed E-state index contributed by atoms with van der Waals surface area (Å²) in [5.74, 6) is -0.390. The fourth-order valence-electron chi connectivity index (χ4n) is 1.89. The Labute approximate surface area is 110 Å². The molecule has 0 saturated heterocycles. The molecule has 1 amide bonds. The standard InChI is InChI=1S/C14H15NO4/c1-2-15(7-8-16)14(18)13-9-11(17)10-5-3-4-6-12(10)19-13/h3-6,9,16H,2,7-8H2,1H3. The van der Waals surface area contributed by atoms with Crippen LogP contribution in [-0.2, 0) is 0 Å². The Morgan fingerprint density at radius 2 is 2.11 bits per heavy atom. The largest absolute Gasteiger partial charge is 0.451 e. The third-order valence-corrected chi connectivity index (χ3v) is 2.88. The lowest BCUT2D eigenvalue weighted by molar-refractivity contribution is 0.0701. The highest BCUT2D eigenvalue weighted by molar-refractivity contribution is 5.93. The number of fused-ring (bicyclic) bond motifs is 1. The average Bonchev–Trinajstić information content (AvgIpc) is 2.44. The van der Waals surface area contributed by atoms with Crippen molar-refractivity contribution in [3.63, 3.8) is 0 Å². The van der Waals surface area contributed by atoms with Crippen LogP contribution in [0, 0.1) is 0 Å². The van der Waals surface area contributed by atoms with Crippen molar-refractivity contribution in [3.8, 4) is 0 Å². The smallest absolute Gasteiger partial charge is 0.289 e. The van der Waals surface area contributed by atoms with E-state index in [-0.39, 0.29) is 30.2 Å². The molecule has 0 saturated carbocycles. The van der Waals surface area contributed by atoms with E-state index in [1.54, 1.807) is 31.2 Å². The highest BCUT2D eigenvalue weighted by atomic mass is 16.3. The van der Waals surface area contributed by atoms with Crippen molar-refractivity contribution in [1.82, 2.24) is 4.90 Å². The predicted octanol–water partition coefficient (Wildman–Crippen LogP) is 1.25. The van der Waals surface area contributed by atoms with Gasteiger partial charge in [0.25, 0.3) is 5.91 Å². The van der Waals surface area contributed by atoms with Crippen molar-refractivity contribution in [1.29, 1.82) is 0 Å². The molecule has 0 spiro atoms. The molecule has 0 aliphatic carbocycles. The molecular weight excluding hydrogens is 246 g/mol. The van der Waals surface area contributed by atoms with E-state index in [4.69, 9.17) is 9.52 Å². The van der Waals surface area contributed by atoms with Crippen LogP contribution in [0.25, 0.3) is 11.0 Å². The minimum absolute atomic E-state index is 0.000926. The number of benzene rings is 1. The summed E-state index contributed by atoms with van der Waals surface area (Å²) in [5, 5.41) is 9.35. The Morgan fingerprint density at radius 1 is 1.37 bits per heavy atom. The predicted molar refractivity (Wildman–Crippen MR) is 71.1 cm³/mol. The summed E-state index contributed by atoms with van der Waals surface area (Å²) in [4.78, 5) is 25.5. The minimum atomic E-state index is -0.389. The molecule has 5 heteroatoms. The Bertz CT molecular complexity index is 647. The lowest BCUT2D eigenvalue weighted by Gasteiger charge is -2.18. The van der Waals surface area contributed by atoms with Gasteiger partial charge in [0.15, 0.2) is 11.2 Å². The van der Waals surface area contributed by atoms with Gasteiger partial charge < -0.3 is 14.4 Å². The number of likely N-dealkylation sites (N-methyl/N-ethyl adjacent to an activating group) is 1. The number of carbonyl (C=O) groups excluding carboxylic acids is 1. The monoisotopic (exact) mass is 261 g/mol. The molecule has 0 aliphatic rings. The molecule has 1 heterocycles. The summed E-state index contributed by atoms with van der Waals surface area (Å²) < 4.78 is 5.46. The van der Waals surface area contributed by atoms with Gasteiger partial charge in [-0.1, -0.05) is 12.1 Å². The van der Waals surface area contributed by atoms with Crippen LogP contribution < -0.4 is 5.43 Å². The van der Waals surface area contributed by atoms with Gasteiger partial charge in [0.1, 0.15) is 5.58 Å². The third kappa shape index (κ3) is 2.66. The second kappa shape index (κ2) is 5.67. The molecule has 0 radical (unpaired) electrons. The molecule has 0 fully saturated rings. The van der Waals surface area contributed by atoms with Crippen molar-refractivity contribution < 1.29 is 14.3 Å². The lowest BCUT2D eigenvalue weighted by atomic mass is 10.2. The summed E-state index contributed by atoms with van der Waals surface area (Å²) in [5.41, 5.74) is 0.142. The van der Waals surface area contributed by atoms with Crippen LogP contribution in [-0.4, -0.2) is 35.6 Å². The van der Waals surface area contributed by atoms with Crippen LogP contribution in [0.5, 0.6) is 0 Å². The quantitative estimate of drug-likeness (QED) is 0.899. The first-order chi connectivity index (χ1) is 9.17. The molecule has 19 heavy (non-hydrogen) atoms. The molecule has 2 aromatic rings. The van der Waals surface area contributed by atoms with Crippen LogP contribution in [0.15, 0.2) is 39.5 Å². The first kappa shape index (κ1) is 13.3. The van der Waals surface area contributed by atoms with Crippen molar-refractivity contribution in [3.05, 3.63) is 46.3 Å². The van der Waals surface area contributed by atoms with E-state index in [1.807, 2.05) is 0 Å². The van der Waals surface area contributed by atoms with E-state index in [0.717, 1.165) is 0 Å². The number of aliphatic hydroxyl groups is 1. The second-order valence-electron chi connectivity index (χ2n) is 4.08. The zero-order valence-electron chi connectivity index (χ0n) is 10.6. The minimum Gasteiger partial charge on any atom is -0.451 e. The Morgan fingerprint density at radius 3 is 2.79 bits per heavy atom. The molecule has 0 aliphatic heterocycles. The van der Waals surface area contributed by atoms with E-state index < -0.39 is 0 Å². The maximum Gasteiger partial charge on any atom is 0.289 e. The molecule has 1 N–H and O–H groups in total. The normalized spacial score (nSPS) is 10.6. The van der Waals surface area contributed by atoms with Gasteiger partial charge in [-0.25, -0.2) is 0 Å². The van der Waals surface area contributed by atoms with Gasteiger partial charge in [-0.15, -0.1) is 0 Å². The molecule has 2 rings (SSSR count). The molecule has 0 unspecified atom stereocenters. The number of hydrogen-bond acceptors (Lipinski definition) is 4. The summed E-state index contributed by atoms with van der Waals surface area (Å²) in [6.45, 7) is 2.33. The second-order valence-corrected chi connectivity index (χ2v) is 4.08. The topological polar surface area (TPSA) is 70.8 Å². The fourth-order valence-corrected chi connectivity index (χ4v) is 1.89. The van der Waals surface area contributed by atoms with Crippen LogP contribution in [0.1, 0.15) is 17.5 Å². The van der Waals surface area contributed by atoms with Crippen molar-refractivity contribution in [2.75, 3.05) is 19.7 Å². The van der Waals surface area contributed by atoms with E-state index in [0.29, 0.717) is 17.5 Å². The first-order valence-electron chi connectivity index (χ1n) is 6.10. The molecular formula is C14H15NO4. The summed E-state index contributed by atoms with van der Waals surface area (Å²) >= 11 is 0. The van der Waals surface area contributed by atoms with E-state index >= 15 is 0 Å². The van der Waals surface area contributed by atoms with E-state index in [2.05, 4.69) is 0 Å². The summed E-state index contributed by atoms with van der Waals surface area (Å²) in [7, 11) is 0. The number of nitrogens with zero attached hydrogens (tertiary/aromatic N) is 1. The molecule has 1 aromatic heterocycles. The first-order valence-corrected chi connectivity index (χ1v) is 6.10. The molecule has 100 valence electrons. The van der Waals surface area contributed by atoms with E-state index in [9.17, 15) is 9.59 Å². The SMILES string of the molecule is CCN(CCO)C(=O)c1cc(=O)c2ccccc2o1. The zero-order chi connectivity index (χ0) is 13.8. The van der Waals surface area contributed by atoms with Crippen molar-refractivity contribution >= 4 is 16.9 Å². The highest BCUT2D eigenvalue weighted by Crippen LogP contribution is 2.13. The molecule has 0 atom stereocenters. The lowest BCUT2D eigenvalue weighted by Crippen LogP contribution is -2.33. The maximum atomic E-state index is 12.1. The number of para-hydroxylation sites is 1. The highest BCUT2D eigenvalue weighted by Gasteiger charge is 2.17. The van der Waals surface area contributed by atoms with Crippen molar-refractivity contribution in [2.45, 2.75) is 6.92 Å². The van der Waals surface area contributed by atoms with Crippen LogP contribution in [0.3, 0.4) is 0 Å². The zero-order valence-corrected chi connectivity index (χ0v) is 10.6. The van der Waals surface area contributed by atoms with Crippen LogP contribution in [0.2, 0.25) is 0 Å². The van der Waals surface area contributed by atoms with Gasteiger partial charge in [0, 0.05) is 19.2 Å². The van der Waals surface area contributed by atoms with E-state index in [1.165, 1.54) is 11.0 Å². The van der Waals surface area contributed by atoms with Gasteiger partial charge >= 0.3 is 0 Å². The average molecular weight is 261 g/mol. The number of aliphatic hydroxyl groups excluding tert-OH is 1. The van der Waals surface area contributed by atoms with Crippen LogP contribution >= 0.6 is 0 Å². The van der Waals surface area contributed by atoms with Crippen molar-refractivity contribution in [2.24, 2.45) is 0 Å².